The molecule has 0 amide bonds. The Morgan fingerprint density at radius 1 is 0.957 bits per heavy atom. The van der Waals surface area contributed by atoms with Crippen LogP contribution in [0.2, 0.25) is 0 Å². The number of aryl methyl sites for hydroxylation is 1. The van der Waals surface area contributed by atoms with Gasteiger partial charge in [0.25, 0.3) is 0 Å². The third kappa shape index (κ3) is 2.86. The van der Waals surface area contributed by atoms with E-state index in [2.05, 4.69) is 15.0 Å². The Balaban J connectivity index is 1.88. The molecule has 7 heteroatoms. The van der Waals surface area contributed by atoms with E-state index in [1.165, 1.54) is 12.3 Å². The Morgan fingerprint density at radius 3 is 2.09 bits per heavy atom. The van der Waals surface area contributed by atoms with Gasteiger partial charge in [-0.05, 0) is 40.7 Å². The topological polar surface area (TPSA) is 57.1 Å². The van der Waals surface area contributed by atoms with E-state index in [9.17, 15) is 4.39 Å². The Hall–Kier alpha value is -1.86. The lowest BCUT2D eigenvalue weighted by molar-refractivity contribution is 0.00578. The van der Waals surface area contributed by atoms with Crippen molar-refractivity contribution in [2.24, 2.45) is 0 Å². The maximum absolute atomic E-state index is 13.4. The summed E-state index contributed by atoms with van der Waals surface area (Å²) in [5, 5.41) is 0. The highest BCUT2D eigenvalue weighted by molar-refractivity contribution is 6.61. The monoisotopic (exact) mass is 315 g/mol. The van der Waals surface area contributed by atoms with E-state index in [1.807, 2.05) is 27.7 Å². The number of rotatable bonds is 2. The average Bonchev–Trinajstić information content (AvgIpc) is 2.70. The maximum Gasteiger partial charge on any atom is 0.498 e. The summed E-state index contributed by atoms with van der Waals surface area (Å²) in [6, 6.07) is 1.38. The van der Waals surface area contributed by atoms with Gasteiger partial charge in [-0.15, -0.1) is 0 Å². The zero-order valence-electron chi connectivity index (χ0n) is 13.9. The van der Waals surface area contributed by atoms with E-state index in [4.69, 9.17) is 9.31 Å². The molecule has 2 aromatic heterocycles. The largest absolute Gasteiger partial charge is 0.498 e. The molecule has 0 radical (unpaired) electrons. The van der Waals surface area contributed by atoms with E-state index >= 15 is 0 Å². The molecule has 0 N–H and O–H groups in total. The quantitative estimate of drug-likeness (QED) is 0.796. The summed E-state index contributed by atoms with van der Waals surface area (Å²) < 4.78 is 25.3. The minimum absolute atomic E-state index is 0.413. The summed E-state index contributed by atoms with van der Waals surface area (Å²) in [5.41, 5.74) is 1.15. The van der Waals surface area contributed by atoms with E-state index < -0.39 is 24.1 Å². The predicted octanol–water partition coefficient (Wildman–Crippen LogP) is 2.29. The molecule has 1 saturated heterocycles. The summed E-state index contributed by atoms with van der Waals surface area (Å²) in [6.45, 7) is 9.75. The molecule has 5 nitrogen and oxygen atoms in total. The highest BCUT2D eigenvalue weighted by atomic mass is 19.1. The van der Waals surface area contributed by atoms with Crippen molar-refractivity contribution in [2.45, 2.75) is 45.8 Å². The van der Waals surface area contributed by atoms with Crippen LogP contribution in [-0.4, -0.2) is 33.3 Å². The minimum atomic E-state index is -0.513. The molecule has 0 unspecified atom stereocenters. The van der Waals surface area contributed by atoms with Crippen LogP contribution in [0.3, 0.4) is 0 Å². The molecule has 0 aliphatic carbocycles. The molecule has 23 heavy (non-hydrogen) atoms. The normalized spacial score (nSPS) is 19.1. The van der Waals surface area contributed by atoms with Crippen LogP contribution in [0, 0.1) is 12.7 Å². The van der Waals surface area contributed by atoms with Crippen LogP contribution in [0.15, 0.2) is 24.7 Å². The van der Waals surface area contributed by atoms with Crippen LogP contribution >= 0.6 is 0 Å². The molecule has 1 aliphatic rings. The smallest absolute Gasteiger partial charge is 0.399 e. The molecule has 1 fully saturated rings. The fraction of sp³-hybridized carbons (Fsp3) is 0.438. The van der Waals surface area contributed by atoms with Crippen LogP contribution in [0.5, 0.6) is 0 Å². The lowest BCUT2D eigenvalue weighted by atomic mass is 9.81. The third-order valence-electron chi connectivity index (χ3n) is 4.49. The lowest BCUT2D eigenvalue weighted by Crippen LogP contribution is -2.41. The van der Waals surface area contributed by atoms with Crippen LogP contribution in [-0.2, 0) is 9.31 Å². The number of aromatic nitrogens is 3. The van der Waals surface area contributed by atoms with Gasteiger partial charge in [-0.2, -0.15) is 0 Å². The molecule has 0 bridgehead atoms. The third-order valence-corrected chi connectivity index (χ3v) is 4.49. The molecular weight excluding hydrogens is 296 g/mol. The van der Waals surface area contributed by atoms with Crippen molar-refractivity contribution in [1.82, 2.24) is 15.0 Å². The minimum Gasteiger partial charge on any atom is -0.399 e. The molecule has 1 aliphatic heterocycles. The SMILES string of the molecule is Cc1ncc(F)cc1-c1ncc(B2OC(C)(C)C(C)(C)O2)cn1. The Labute approximate surface area is 135 Å². The lowest BCUT2D eigenvalue weighted by Gasteiger charge is -2.32. The maximum atomic E-state index is 13.4. The molecule has 3 heterocycles. The van der Waals surface area contributed by atoms with Crippen molar-refractivity contribution in [1.29, 1.82) is 0 Å². The van der Waals surface area contributed by atoms with Crippen molar-refractivity contribution < 1.29 is 13.7 Å². The van der Waals surface area contributed by atoms with Gasteiger partial charge in [0.2, 0.25) is 0 Å². The van der Waals surface area contributed by atoms with Crippen molar-refractivity contribution in [3.63, 3.8) is 0 Å². The first-order valence-corrected chi connectivity index (χ1v) is 7.50. The average molecular weight is 315 g/mol. The zero-order valence-corrected chi connectivity index (χ0v) is 13.9. The highest BCUT2D eigenvalue weighted by Gasteiger charge is 2.51. The van der Waals surface area contributed by atoms with Gasteiger partial charge in [-0.1, -0.05) is 0 Å². The standard InChI is InChI=1S/C16H19BFN3O2/c1-10-13(6-12(18)9-19-10)14-20-7-11(8-21-14)17-22-15(2,3)16(4,5)23-17/h6-9H,1-5H3. The summed E-state index contributed by atoms with van der Waals surface area (Å²) in [4.78, 5) is 12.6. The van der Waals surface area contributed by atoms with E-state index in [0.29, 0.717) is 17.1 Å². The van der Waals surface area contributed by atoms with Gasteiger partial charge in [0, 0.05) is 29.1 Å². The first kappa shape index (κ1) is 16.0. The van der Waals surface area contributed by atoms with Crippen molar-refractivity contribution in [2.75, 3.05) is 0 Å². The Kier molecular flexibility index (Phi) is 3.73. The van der Waals surface area contributed by atoms with Crippen LogP contribution in [0.1, 0.15) is 33.4 Å². The first-order valence-electron chi connectivity index (χ1n) is 7.50. The number of hydrogen-bond acceptors (Lipinski definition) is 5. The fourth-order valence-corrected chi connectivity index (χ4v) is 2.31. The first-order chi connectivity index (χ1) is 10.7. The van der Waals surface area contributed by atoms with Crippen molar-refractivity contribution in [3.05, 3.63) is 36.2 Å². The molecule has 120 valence electrons. The highest BCUT2D eigenvalue weighted by Crippen LogP contribution is 2.36. The van der Waals surface area contributed by atoms with Gasteiger partial charge in [-0.3, -0.25) is 4.98 Å². The van der Waals surface area contributed by atoms with Gasteiger partial charge < -0.3 is 9.31 Å². The molecule has 0 spiro atoms. The summed E-state index contributed by atoms with van der Waals surface area (Å²) in [5.74, 6) is 0.0130. The zero-order chi connectivity index (χ0) is 16.8. The predicted molar refractivity (Wildman–Crippen MR) is 85.7 cm³/mol. The second-order valence-corrected chi connectivity index (χ2v) is 6.71. The molecular formula is C16H19BFN3O2. The van der Waals surface area contributed by atoms with Crippen LogP contribution in [0.4, 0.5) is 4.39 Å². The van der Waals surface area contributed by atoms with Crippen LogP contribution in [0.25, 0.3) is 11.4 Å². The second kappa shape index (κ2) is 5.35. The van der Waals surface area contributed by atoms with Gasteiger partial charge in [0.05, 0.1) is 17.4 Å². The van der Waals surface area contributed by atoms with Gasteiger partial charge in [0.15, 0.2) is 5.82 Å². The molecule has 0 aromatic carbocycles. The molecule has 0 atom stereocenters. The second-order valence-electron chi connectivity index (χ2n) is 6.71. The van der Waals surface area contributed by atoms with Gasteiger partial charge in [0.1, 0.15) is 5.82 Å². The number of pyridine rings is 1. The van der Waals surface area contributed by atoms with Crippen molar-refractivity contribution >= 4 is 12.6 Å². The van der Waals surface area contributed by atoms with E-state index in [0.717, 1.165) is 5.46 Å². The molecule has 3 rings (SSSR count). The van der Waals surface area contributed by atoms with E-state index in [1.54, 1.807) is 19.3 Å². The molecule has 0 saturated carbocycles. The van der Waals surface area contributed by atoms with E-state index in [-0.39, 0.29) is 0 Å². The van der Waals surface area contributed by atoms with Gasteiger partial charge >= 0.3 is 7.12 Å². The van der Waals surface area contributed by atoms with Crippen LogP contribution < -0.4 is 5.46 Å². The summed E-state index contributed by atoms with van der Waals surface area (Å²) in [7, 11) is -0.513. The van der Waals surface area contributed by atoms with Crippen molar-refractivity contribution in [3.8, 4) is 11.4 Å². The number of halogens is 1. The molecule has 2 aromatic rings. The Bertz CT molecular complexity index is 719. The summed E-state index contributed by atoms with van der Waals surface area (Å²) >= 11 is 0. The van der Waals surface area contributed by atoms with Gasteiger partial charge in [-0.25, -0.2) is 14.4 Å². The summed E-state index contributed by atoms with van der Waals surface area (Å²) in [6.07, 6.45) is 4.47. The fourth-order valence-electron chi connectivity index (χ4n) is 2.31. The number of hydrogen-bond donors (Lipinski definition) is 0. The Morgan fingerprint density at radius 2 is 1.52 bits per heavy atom. The number of nitrogens with zero attached hydrogens (tertiary/aromatic N) is 3.